The van der Waals surface area contributed by atoms with Gasteiger partial charge in [-0.15, -0.1) is 0 Å². The Labute approximate surface area is 268 Å². The van der Waals surface area contributed by atoms with Crippen LogP contribution in [0.25, 0.3) is 0 Å². The van der Waals surface area contributed by atoms with Crippen LogP contribution in [0.2, 0.25) is 0 Å². The number of aliphatic hydroxyl groups is 4. The van der Waals surface area contributed by atoms with Crippen molar-refractivity contribution in [2.45, 2.75) is 49.1 Å². The van der Waals surface area contributed by atoms with E-state index in [1.807, 2.05) is 9.97 Å². The Morgan fingerprint density at radius 1 is 0.633 bits per heavy atom. The van der Waals surface area contributed by atoms with Crippen molar-refractivity contribution < 1.29 is 89.7 Å². The number of aromatic nitrogens is 4. The minimum absolute atomic E-state index is 0.631. The summed E-state index contributed by atoms with van der Waals surface area (Å²) < 4.78 is 81.8. The number of ether oxygens (including phenoxy) is 2. The normalized spacial score (nSPS) is 31.2. The summed E-state index contributed by atoms with van der Waals surface area (Å²) in [5.41, 5.74) is -3.88. The van der Waals surface area contributed by atoms with E-state index in [-0.39, 0.29) is 0 Å². The van der Waals surface area contributed by atoms with E-state index in [1.165, 1.54) is 0 Å². The van der Waals surface area contributed by atoms with Gasteiger partial charge in [-0.3, -0.25) is 37.7 Å². The Morgan fingerprint density at radius 2 is 1.02 bits per heavy atom. The van der Waals surface area contributed by atoms with Crippen LogP contribution in [0.1, 0.15) is 12.5 Å². The number of aliphatic hydroxyl groups excluding tert-OH is 4. The van der Waals surface area contributed by atoms with Gasteiger partial charge in [0.15, 0.2) is 12.5 Å². The number of nitrogens with one attached hydrogen (secondary N) is 2. The SMILES string of the molecule is O=c1ccn([C@H]2O[C@@H](COP(=O)(OC[C@@H]3O[C@H](n4ccc(=O)[nH]c4=O)C(O)C3O)OP(=O)(O)OP(=O)(O)OP(=O)(O)O)C(O)C2O)c(=O)[nH]1. The maximum absolute atomic E-state index is 13.5. The van der Waals surface area contributed by atoms with E-state index in [0.29, 0.717) is 9.13 Å². The van der Waals surface area contributed by atoms with E-state index < -0.39 is 116 Å². The fourth-order valence-electron chi connectivity index (χ4n) is 4.28. The van der Waals surface area contributed by atoms with Crippen molar-refractivity contribution in [2.75, 3.05) is 13.2 Å². The van der Waals surface area contributed by atoms with E-state index in [0.717, 1.165) is 24.5 Å². The molecule has 0 bridgehead atoms. The standard InChI is InChI=1S/C18H26N4O23P4/c23-9-1-3-21(17(29)19-9)15-13(27)11(25)7(41-15)5-39-49(38,45-48(36,37)44-47(34,35)43-46(31,32)33)40-6-8-12(26)14(28)16(42-8)22-4-2-10(24)20-18(22)30/h1-4,7-8,11-16,25-28H,5-6H2,(H,34,35)(H,36,37)(H,19,23,29)(H,20,24,30)(H2,31,32,33)/t7-,8-,11?,12?,13?,14?,15-,16-,49?/m0/s1. The van der Waals surface area contributed by atoms with Crippen molar-refractivity contribution in [2.24, 2.45) is 0 Å². The molecule has 0 saturated carbocycles. The number of phosphoric acid groups is 4. The molecule has 2 aliphatic heterocycles. The summed E-state index contributed by atoms with van der Waals surface area (Å²) in [6.07, 6.45) is -13.1. The third-order valence-electron chi connectivity index (χ3n) is 6.34. The van der Waals surface area contributed by atoms with E-state index in [4.69, 9.17) is 28.3 Å². The second kappa shape index (κ2) is 14.7. The number of nitrogens with zero attached hydrogens (tertiary/aromatic N) is 2. The molecule has 0 amide bonds. The lowest BCUT2D eigenvalue weighted by atomic mass is 10.1. The van der Waals surface area contributed by atoms with E-state index >= 15 is 0 Å². The van der Waals surface area contributed by atoms with E-state index in [2.05, 4.69) is 12.9 Å². The van der Waals surface area contributed by atoms with Gasteiger partial charge in [0.25, 0.3) is 11.1 Å². The molecule has 2 aliphatic rings. The Bertz CT molecular complexity index is 1850. The van der Waals surface area contributed by atoms with Crippen LogP contribution >= 0.6 is 31.3 Å². The van der Waals surface area contributed by atoms with Crippen molar-refractivity contribution >= 4 is 31.3 Å². The quantitative estimate of drug-likeness (QED) is 0.0811. The molecule has 4 rings (SSSR count). The Balaban J connectivity index is 1.55. The number of hydrogen-bond donors (Lipinski definition) is 10. The number of H-pyrrole nitrogens is 2. The monoisotopic (exact) mass is 790 g/mol. The highest BCUT2D eigenvalue weighted by Crippen LogP contribution is 2.72. The first kappa shape index (κ1) is 39.5. The largest absolute Gasteiger partial charge is 0.490 e. The summed E-state index contributed by atoms with van der Waals surface area (Å²) in [6.45, 7) is -2.49. The summed E-state index contributed by atoms with van der Waals surface area (Å²) >= 11 is 0. The van der Waals surface area contributed by atoms with Gasteiger partial charge in [-0.05, 0) is 0 Å². The third kappa shape index (κ3) is 9.93. The van der Waals surface area contributed by atoms with Crippen LogP contribution in [-0.2, 0) is 49.7 Å². The minimum Gasteiger partial charge on any atom is -0.387 e. The Kier molecular flexibility index (Phi) is 11.9. The summed E-state index contributed by atoms with van der Waals surface area (Å²) in [4.78, 5) is 87.6. The molecule has 2 aromatic rings. The Hall–Kier alpha value is -2.32. The maximum atomic E-state index is 13.5. The number of hydrogen-bond acceptors (Lipinski definition) is 19. The van der Waals surface area contributed by atoms with Crippen molar-refractivity contribution in [1.29, 1.82) is 0 Å². The second-order valence-electron chi connectivity index (χ2n) is 9.84. The molecule has 49 heavy (non-hydrogen) atoms. The van der Waals surface area contributed by atoms with Gasteiger partial charge < -0.3 is 49.5 Å². The topological polar surface area (TPSA) is 404 Å². The Morgan fingerprint density at radius 3 is 1.39 bits per heavy atom. The van der Waals surface area contributed by atoms with Gasteiger partial charge in [-0.25, -0.2) is 27.8 Å². The number of rotatable bonds is 14. The first-order chi connectivity index (χ1) is 22.5. The molecule has 4 heterocycles. The highest BCUT2D eigenvalue weighted by molar-refractivity contribution is 7.69. The van der Waals surface area contributed by atoms with Gasteiger partial charge in [-0.1, -0.05) is 0 Å². The molecule has 6 unspecified atom stereocenters. The van der Waals surface area contributed by atoms with Gasteiger partial charge in [0.05, 0.1) is 13.2 Å². The van der Waals surface area contributed by atoms with Crippen molar-refractivity contribution in [1.82, 2.24) is 19.1 Å². The van der Waals surface area contributed by atoms with Gasteiger partial charge >= 0.3 is 42.7 Å². The molecule has 2 fully saturated rings. The van der Waals surface area contributed by atoms with Crippen molar-refractivity contribution in [3.8, 4) is 0 Å². The fourth-order valence-corrected chi connectivity index (χ4v) is 9.30. The van der Waals surface area contributed by atoms with Gasteiger partial charge in [0.1, 0.15) is 36.6 Å². The highest BCUT2D eigenvalue weighted by atomic mass is 31.3. The molecule has 0 radical (unpaired) electrons. The predicted octanol–water partition coefficient (Wildman–Crippen LogP) is -4.19. The van der Waals surface area contributed by atoms with Crippen LogP contribution in [0.15, 0.2) is 43.7 Å². The molecule has 0 aromatic carbocycles. The zero-order chi connectivity index (χ0) is 36.7. The summed E-state index contributed by atoms with van der Waals surface area (Å²) in [5, 5.41) is 41.7. The lowest BCUT2D eigenvalue weighted by Gasteiger charge is -2.24. The molecule has 276 valence electrons. The summed E-state index contributed by atoms with van der Waals surface area (Å²) in [5.74, 6) is 0. The molecule has 2 aromatic heterocycles. The van der Waals surface area contributed by atoms with Crippen LogP contribution < -0.4 is 22.5 Å². The molecule has 10 N–H and O–H groups in total. The molecule has 2 saturated heterocycles. The van der Waals surface area contributed by atoms with Crippen molar-refractivity contribution in [3.63, 3.8) is 0 Å². The van der Waals surface area contributed by atoms with E-state index in [9.17, 15) is 67.7 Å². The maximum Gasteiger partial charge on any atom is 0.490 e. The molecule has 31 heteroatoms. The zero-order valence-electron chi connectivity index (χ0n) is 23.7. The van der Waals surface area contributed by atoms with Crippen LogP contribution in [0.3, 0.4) is 0 Å². The molecule has 10 atom stereocenters. The smallest absolute Gasteiger partial charge is 0.387 e. The zero-order valence-corrected chi connectivity index (χ0v) is 27.3. The average molecular weight is 790 g/mol. The molecule has 0 spiro atoms. The van der Waals surface area contributed by atoms with E-state index in [1.54, 1.807) is 0 Å². The van der Waals surface area contributed by atoms with Crippen LogP contribution in [0.5, 0.6) is 0 Å². The molecule has 27 nitrogen and oxygen atoms in total. The van der Waals surface area contributed by atoms with Crippen LogP contribution in [0, 0.1) is 0 Å². The van der Waals surface area contributed by atoms with Crippen LogP contribution in [-0.4, -0.2) is 109 Å². The number of phosphoric ester groups is 1. The van der Waals surface area contributed by atoms with Crippen LogP contribution in [0.4, 0.5) is 0 Å². The predicted molar refractivity (Wildman–Crippen MR) is 149 cm³/mol. The lowest BCUT2D eigenvalue weighted by molar-refractivity contribution is -0.0639. The summed E-state index contributed by atoms with van der Waals surface area (Å²) in [6, 6.07) is 1.71. The highest BCUT2D eigenvalue weighted by Gasteiger charge is 2.51. The lowest BCUT2D eigenvalue weighted by Crippen LogP contribution is -2.37. The molecular formula is C18H26N4O23P4. The first-order valence-corrected chi connectivity index (χ1v) is 18.9. The van der Waals surface area contributed by atoms with Gasteiger partial charge in [0.2, 0.25) is 0 Å². The minimum atomic E-state index is -6.30. The average Bonchev–Trinajstić information content (AvgIpc) is 3.38. The second-order valence-corrected chi connectivity index (χ2v) is 16.1. The van der Waals surface area contributed by atoms with Crippen molar-refractivity contribution in [3.05, 3.63) is 66.2 Å². The number of aromatic amines is 2. The van der Waals surface area contributed by atoms with Gasteiger partial charge in [0, 0.05) is 24.5 Å². The molecule has 0 aliphatic carbocycles. The molecular weight excluding hydrogens is 764 g/mol. The summed E-state index contributed by atoms with van der Waals surface area (Å²) in [7, 11) is -24.1. The first-order valence-electron chi connectivity index (χ1n) is 12.9. The fraction of sp³-hybridized carbons (Fsp3) is 0.556. The van der Waals surface area contributed by atoms with Gasteiger partial charge in [-0.2, -0.15) is 12.9 Å². The third-order valence-corrected chi connectivity index (χ3v) is 12.2.